The van der Waals surface area contributed by atoms with Crippen molar-refractivity contribution in [2.24, 2.45) is 0 Å². The van der Waals surface area contributed by atoms with Crippen LogP contribution >= 0.6 is 0 Å². The van der Waals surface area contributed by atoms with Crippen molar-refractivity contribution in [3.05, 3.63) is 109 Å². The number of pyridine rings is 1. The molecule has 19 heteroatoms. The highest BCUT2D eigenvalue weighted by atomic mass is 32.2. The molecule has 18 nitrogen and oxygen atoms in total. The number of aromatic nitrogens is 7. The number of allylic oxidation sites excluding steroid dienone is 2. The molecule has 51 heavy (non-hydrogen) atoms. The first kappa shape index (κ1) is 34.1. The van der Waals surface area contributed by atoms with Crippen molar-refractivity contribution in [1.82, 2.24) is 40.9 Å². The minimum atomic E-state index is -4.32. The lowest BCUT2D eigenvalue weighted by Gasteiger charge is -2.29. The number of hydrogen-bond donors (Lipinski definition) is 4. The van der Waals surface area contributed by atoms with E-state index in [1.54, 1.807) is 66.9 Å². The molecule has 1 aliphatic rings. The number of nitrogens with one attached hydrogen (secondary N) is 4. The number of nitrogens with zero attached hydrogens (tertiary/aromatic N) is 6. The first-order valence-electron chi connectivity index (χ1n) is 15.0. The highest BCUT2D eigenvalue weighted by molar-refractivity contribution is 7.92. The van der Waals surface area contributed by atoms with Gasteiger partial charge >= 0.3 is 6.09 Å². The number of benzene rings is 2. The van der Waals surface area contributed by atoms with Gasteiger partial charge < -0.3 is 29.0 Å². The van der Waals surface area contributed by atoms with E-state index in [2.05, 4.69) is 50.9 Å². The molecule has 1 atom stereocenters. The Hall–Kier alpha value is -6.76. The van der Waals surface area contributed by atoms with E-state index in [-0.39, 0.29) is 53.0 Å². The van der Waals surface area contributed by atoms with Crippen molar-refractivity contribution >= 4 is 27.8 Å². The molecule has 1 aliphatic heterocycles. The van der Waals surface area contributed by atoms with Crippen LogP contribution in [0.5, 0.6) is 28.9 Å². The summed E-state index contributed by atoms with van der Waals surface area (Å²) in [6.07, 6.45) is 7.42. The van der Waals surface area contributed by atoms with Gasteiger partial charge in [0.25, 0.3) is 15.9 Å². The fourth-order valence-corrected chi connectivity index (χ4v) is 5.66. The lowest BCUT2D eigenvalue weighted by Crippen LogP contribution is -2.43. The molecule has 4 heterocycles. The van der Waals surface area contributed by atoms with Crippen LogP contribution in [0.15, 0.2) is 102 Å². The average molecular weight is 715 g/mol. The summed E-state index contributed by atoms with van der Waals surface area (Å²) >= 11 is 0. The SMILES string of the molecule is COc1ccc(S(=O)(=O)Nc2nc(C3(c4nn[nH]n4)C=CC=CN3)nc(OCCOC(=O)Nc3ccccn3)c2Oc2ccccc2OC)cc1. The molecule has 0 aliphatic carbocycles. The quantitative estimate of drug-likeness (QED) is 0.121. The number of methoxy groups -OCH3 is 2. The number of amides is 1. The van der Waals surface area contributed by atoms with Gasteiger partial charge in [-0.1, -0.05) is 29.5 Å². The number of carbonyl (C=O) groups is 1. The zero-order chi connectivity index (χ0) is 35.7. The molecule has 0 fully saturated rings. The number of rotatable bonds is 14. The van der Waals surface area contributed by atoms with Crippen molar-refractivity contribution in [2.45, 2.75) is 10.4 Å². The van der Waals surface area contributed by atoms with Crippen molar-refractivity contribution in [3.8, 4) is 28.9 Å². The van der Waals surface area contributed by atoms with Crippen molar-refractivity contribution in [2.75, 3.05) is 37.5 Å². The van der Waals surface area contributed by atoms with E-state index in [4.69, 9.17) is 23.7 Å². The zero-order valence-electron chi connectivity index (χ0n) is 27.0. The Balaban J connectivity index is 1.42. The molecule has 2 aromatic carbocycles. The van der Waals surface area contributed by atoms with Gasteiger partial charge in [-0.05, 0) is 66.9 Å². The van der Waals surface area contributed by atoms with E-state index in [1.165, 1.54) is 44.7 Å². The lowest BCUT2D eigenvalue weighted by molar-refractivity contribution is 0.135. The van der Waals surface area contributed by atoms with E-state index in [0.29, 0.717) is 17.3 Å². The number of dihydropyridines is 1. The van der Waals surface area contributed by atoms with Crippen molar-refractivity contribution in [1.29, 1.82) is 0 Å². The van der Waals surface area contributed by atoms with Crippen molar-refractivity contribution in [3.63, 3.8) is 0 Å². The third-order valence-electron chi connectivity index (χ3n) is 7.08. The van der Waals surface area contributed by atoms with Gasteiger partial charge in [0.1, 0.15) is 24.8 Å². The maximum atomic E-state index is 13.8. The van der Waals surface area contributed by atoms with Crippen LogP contribution in [0.3, 0.4) is 0 Å². The molecular weight excluding hydrogens is 684 g/mol. The third kappa shape index (κ3) is 7.78. The summed E-state index contributed by atoms with van der Waals surface area (Å²) in [6.45, 7) is -0.507. The number of hydrogen-bond acceptors (Lipinski definition) is 15. The molecule has 4 N–H and O–H groups in total. The predicted molar refractivity (Wildman–Crippen MR) is 180 cm³/mol. The zero-order valence-corrected chi connectivity index (χ0v) is 27.8. The van der Waals surface area contributed by atoms with Gasteiger partial charge in [-0.2, -0.15) is 10.2 Å². The van der Waals surface area contributed by atoms with Crippen LogP contribution in [-0.4, -0.2) is 77.5 Å². The molecule has 0 spiro atoms. The fourth-order valence-electron chi connectivity index (χ4n) is 4.66. The molecule has 262 valence electrons. The van der Waals surface area contributed by atoms with Gasteiger partial charge in [0.05, 0.1) is 19.1 Å². The van der Waals surface area contributed by atoms with E-state index in [9.17, 15) is 13.2 Å². The second kappa shape index (κ2) is 15.2. The molecule has 0 saturated carbocycles. The van der Waals surface area contributed by atoms with Crippen LogP contribution < -0.4 is 34.3 Å². The standard InChI is InChI=1S/C32H30N10O8S/c1-46-21-12-14-22(15-13-21)51(44,45)40-27-26(50-24-10-4-3-9-23(24)47-2)28(48-19-20-49-31(43)35-25-11-5-7-17-33-25)37-29(36-27)32(16-6-8-18-34-32)30-38-41-42-39-30/h3-18,34H,19-20H2,1-2H3,(H,33,35,43)(H,36,37,40)(H,38,39,41,42). The van der Waals surface area contributed by atoms with E-state index in [1.807, 2.05) is 0 Å². The van der Waals surface area contributed by atoms with E-state index in [0.717, 1.165) is 0 Å². The fraction of sp³-hybridized carbons (Fsp3) is 0.156. The topological polar surface area (TPSA) is 227 Å². The first-order valence-corrected chi connectivity index (χ1v) is 16.5. The molecule has 5 aromatic rings. The first-order chi connectivity index (χ1) is 24.8. The molecule has 3 aromatic heterocycles. The Morgan fingerprint density at radius 1 is 0.902 bits per heavy atom. The maximum absolute atomic E-state index is 13.8. The van der Waals surface area contributed by atoms with Gasteiger partial charge in [-0.25, -0.2) is 23.2 Å². The van der Waals surface area contributed by atoms with Gasteiger partial charge in [0.15, 0.2) is 28.7 Å². The summed E-state index contributed by atoms with van der Waals surface area (Å²) in [5.74, 6) is 0.489. The third-order valence-corrected chi connectivity index (χ3v) is 8.44. The molecule has 0 radical (unpaired) electrons. The number of carbonyl (C=O) groups excluding carboxylic acids is 1. The highest BCUT2D eigenvalue weighted by Crippen LogP contribution is 2.42. The summed E-state index contributed by atoms with van der Waals surface area (Å²) in [4.78, 5) is 25.6. The van der Waals surface area contributed by atoms with Crippen LogP contribution in [0.4, 0.5) is 16.4 Å². The van der Waals surface area contributed by atoms with Crippen LogP contribution in [0, 0.1) is 0 Å². The van der Waals surface area contributed by atoms with Crippen LogP contribution in [0.1, 0.15) is 11.6 Å². The Kier molecular flexibility index (Phi) is 10.2. The second-order valence-electron chi connectivity index (χ2n) is 10.3. The number of sulfonamides is 1. The summed E-state index contributed by atoms with van der Waals surface area (Å²) in [6, 6.07) is 17.4. The summed E-state index contributed by atoms with van der Waals surface area (Å²) in [7, 11) is -1.41. The molecule has 1 amide bonds. The van der Waals surface area contributed by atoms with E-state index >= 15 is 0 Å². The molecule has 1 unspecified atom stereocenters. The van der Waals surface area contributed by atoms with Crippen molar-refractivity contribution < 1.29 is 36.9 Å². The van der Waals surface area contributed by atoms with Gasteiger partial charge in [-0.15, -0.1) is 10.2 Å². The minimum Gasteiger partial charge on any atom is -0.497 e. The van der Waals surface area contributed by atoms with Gasteiger partial charge in [0, 0.05) is 6.20 Å². The molecule has 0 bridgehead atoms. The summed E-state index contributed by atoms with van der Waals surface area (Å²) in [5, 5.41) is 20.0. The molecular formula is C32H30N10O8S. The number of ether oxygens (including phenoxy) is 5. The largest absolute Gasteiger partial charge is 0.497 e. The van der Waals surface area contributed by atoms with Crippen LogP contribution in [0.25, 0.3) is 0 Å². The Bertz CT molecular complexity index is 2130. The lowest BCUT2D eigenvalue weighted by atomic mass is 9.95. The number of H-pyrrole nitrogens is 1. The summed E-state index contributed by atoms with van der Waals surface area (Å²) in [5.41, 5.74) is -1.46. The van der Waals surface area contributed by atoms with Gasteiger partial charge in [-0.3, -0.25) is 10.0 Å². The Morgan fingerprint density at radius 2 is 1.71 bits per heavy atom. The molecule has 6 rings (SSSR count). The average Bonchev–Trinajstić information content (AvgIpc) is 3.71. The number of tetrazole rings is 1. The predicted octanol–water partition coefficient (Wildman–Crippen LogP) is 3.54. The summed E-state index contributed by atoms with van der Waals surface area (Å²) < 4.78 is 58.4. The van der Waals surface area contributed by atoms with Crippen LogP contribution in [-0.2, 0) is 20.3 Å². The Labute approximate surface area is 290 Å². The highest BCUT2D eigenvalue weighted by Gasteiger charge is 2.41. The second-order valence-corrected chi connectivity index (χ2v) is 12.0. The number of anilines is 2. The number of aromatic amines is 1. The molecule has 0 saturated heterocycles. The normalized spacial score (nSPS) is 14.9. The smallest absolute Gasteiger partial charge is 0.412 e. The minimum absolute atomic E-state index is 0.0619. The number of para-hydroxylation sites is 2. The Morgan fingerprint density at radius 3 is 2.39 bits per heavy atom. The van der Waals surface area contributed by atoms with Gasteiger partial charge in [0.2, 0.25) is 11.6 Å². The van der Waals surface area contributed by atoms with Crippen LogP contribution in [0.2, 0.25) is 0 Å². The monoisotopic (exact) mass is 714 g/mol. The van der Waals surface area contributed by atoms with E-state index < -0.39 is 21.7 Å². The maximum Gasteiger partial charge on any atom is 0.412 e.